The molecule has 0 saturated carbocycles. The summed E-state index contributed by atoms with van der Waals surface area (Å²) in [6.07, 6.45) is 7.88. The molecule has 224 valence electrons. The van der Waals surface area contributed by atoms with Gasteiger partial charge in [-0.25, -0.2) is 0 Å². The second-order valence-electron chi connectivity index (χ2n) is 8.40. The Hall–Kier alpha value is -1.88. The maximum absolute atomic E-state index is 11.1. The molecule has 0 radical (unpaired) electrons. The van der Waals surface area contributed by atoms with Gasteiger partial charge in [-0.15, -0.1) is 23.2 Å². The number of nitrogens with one attached hydrogen (secondary N) is 1. The third-order valence-electron chi connectivity index (χ3n) is 4.26. The van der Waals surface area contributed by atoms with Gasteiger partial charge in [-0.3, -0.25) is 24.0 Å². The van der Waals surface area contributed by atoms with Crippen molar-refractivity contribution >= 4 is 58.3 Å². The molecular formula is C26H48Cl2N2O8. The highest BCUT2D eigenvalue weighted by Crippen LogP contribution is 1.95. The zero-order valence-electron chi connectivity index (χ0n) is 23.5. The number of unbranched alkanes of at least 4 members (excludes halogenated alkanes) is 2. The van der Waals surface area contributed by atoms with Gasteiger partial charge in [-0.05, 0) is 46.2 Å². The third kappa shape index (κ3) is 54.9. The first-order chi connectivity index (χ1) is 17.9. The van der Waals surface area contributed by atoms with Crippen LogP contribution < -0.4 is 15.7 Å². The molecule has 0 aliphatic heterocycles. The van der Waals surface area contributed by atoms with E-state index >= 15 is 0 Å². The highest BCUT2D eigenvalue weighted by Gasteiger charge is 2.05. The van der Waals surface area contributed by atoms with Crippen LogP contribution in [-0.2, 0) is 28.8 Å². The lowest BCUT2D eigenvalue weighted by molar-refractivity contribution is -0.655. The second kappa shape index (κ2) is 35.1. The number of aliphatic carboxylic acids is 2. The first kappa shape index (κ1) is 43.2. The lowest BCUT2D eigenvalue weighted by atomic mass is 10.1. The fraction of sp³-hybridized carbons (Fsp3) is 0.769. The van der Waals surface area contributed by atoms with E-state index in [2.05, 4.69) is 36.1 Å². The molecule has 12 heteroatoms. The molecule has 0 amide bonds. The average molecular weight is 588 g/mol. The van der Waals surface area contributed by atoms with Crippen LogP contribution >= 0.6 is 23.2 Å². The summed E-state index contributed by atoms with van der Waals surface area (Å²) >= 11 is 9.41. The highest BCUT2D eigenvalue weighted by molar-refractivity contribution is 6.26. The summed E-state index contributed by atoms with van der Waals surface area (Å²) in [5.41, 5.74) is 0. The Labute approximate surface area is 237 Å². The molecule has 0 rings (SSSR count). The molecule has 0 bridgehead atoms. The van der Waals surface area contributed by atoms with Crippen molar-refractivity contribution in [3.63, 3.8) is 0 Å². The number of ketones is 4. The van der Waals surface area contributed by atoms with Crippen LogP contribution in [-0.4, -0.2) is 78.1 Å². The van der Waals surface area contributed by atoms with Gasteiger partial charge in [-0.2, -0.15) is 0 Å². The molecule has 0 aromatic rings. The molecular weight excluding hydrogens is 539 g/mol. The van der Waals surface area contributed by atoms with Crippen LogP contribution in [0.3, 0.4) is 0 Å². The van der Waals surface area contributed by atoms with Crippen molar-refractivity contribution in [1.82, 2.24) is 5.32 Å². The topological polar surface area (TPSA) is 174 Å². The normalized spacial score (nSPS) is 9.42. The molecule has 0 unspecified atom stereocenters. The molecule has 0 aromatic carbocycles. The van der Waals surface area contributed by atoms with E-state index in [1.807, 2.05) is 0 Å². The van der Waals surface area contributed by atoms with Crippen LogP contribution in [0.25, 0.3) is 0 Å². The van der Waals surface area contributed by atoms with Gasteiger partial charge in [0.15, 0.2) is 0 Å². The van der Waals surface area contributed by atoms with E-state index in [0.717, 1.165) is 39.0 Å². The minimum Gasteiger partial charge on any atom is -0.549 e. The Morgan fingerprint density at radius 3 is 1.50 bits per heavy atom. The number of hydrogen-bond donors (Lipinski definition) is 3. The summed E-state index contributed by atoms with van der Waals surface area (Å²) in [7, 11) is 0. The van der Waals surface area contributed by atoms with Crippen molar-refractivity contribution in [3.05, 3.63) is 0 Å². The molecule has 10 nitrogen and oxygen atoms in total. The number of halogens is 2. The summed E-state index contributed by atoms with van der Waals surface area (Å²) in [5, 5.41) is 22.2. The molecule has 0 fully saturated rings. The van der Waals surface area contributed by atoms with Gasteiger partial charge >= 0.3 is 5.97 Å². The third-order valence-corrected chi connectivity index (χ3v) is 4.70. The van der Waals surface area contributed by atoms with Crippen LogP contribution in [0.5, 0.6) is 0 Å². The first-order valence-corrected chi connectivity index (χ1v) is 14.0. The molecule has 0 spiro atoms. The van der Waals surface area contributed by atoms with Crippen molar-refractivity contribution in [1.29, 1.82) is 0 Å². The van der Waals surface area contributed by atoms with Crippen LogP contribution in [0.2, 0.25) is 0 Å². The van der Waals surface area contributed by atoms with Crippen molar-refractivity contribution < 1.29 is 44.3 Å². The van der Waals surface area contributed by atoms with E-state index in [1.165, 1.54) is 39.5 Å². The smallest absolute Gasteiger partial charge is 0.318 e. The number of hydrogen-bond acceptors (Lipinski definition) is 8. The van der Waals surface area contributed by atoms with E-state index in [4.69, 9.17) is 26.6 Å². The molecule has 0 atom stereocenters. The Morgan fingerprint density at radius 1 is 0.737 bits per heavy atom. The van der Waals surface area contributed by atoms with E-state index in [-0.39, 0.29) is 41.9 Å². The second-order valence-corrected chi connectivity index (χ2v) is 8.93. The lowest BCUT2D eigenvalue weighted by Gasteiger charge is -2.02. The van der Waals surface area contributed by atoms with Gasteiger partial charge < -0.3 is 25.6 Å². The molecule has 4 N–H and O–H groups in total. The Bertz CT molecular complexity index is 593. The van der Waals surface area contributed by atoms with Crippen LogP contribution in [0.1, 0.15) is 91.9 Å². The first-order valence-electron chi connectivity index (χ1n) is 13.0. The SMILES string of the molecule is CCCCNCCCC(=O)CC(C)=O.CCCC[NH2+]CCCC(=O)CC(C)=O.O=C(O)CCl.O=C([O-])CCl. The van der Waals surface area contributed by atoms with Gasteiger partial charge in [0, 0.05) is 19.3 Å². The predicted molar refractivity (Wildman–Crippen MR) is 148 cm³/mol. The maximum atomic E-state index is 11.1. The number of quaternary nitrogens is 1. The Kier molecular flexibility index (Phi) is 39.9. The van der Waals surface area contributed by atoms with E-state index in [9.17, 15) is 24.0 Å². The summed E-state index contributed by atoms with van der Waals surface area (Å²) < 4.78 is 0. The minimum atomic E-state index is -1.23. The van der Waals surface area contributed by atoms with Crippen molar-refractivity contribution in [2.75, 3.05) is 37.9 Å². The van der Waals surface area contributed by atoms with Gasteiger partial charge in [0.1, 0.15) is 29.0 Å². The number of Topliss-reactive ketones (excluding diaryl/α,β-unsaturated/α-hetero) is 4. The molecule has 0 heterocycles. The van der Waals surface area contributed by atoms with E-state index in [0.29, 0.717) is 12.8 Å². The number of alkyl halides is 2. The molecule has 38 heavy (non-hydrogen) atoms. The minimum absolute atomic E-state index is 0.0232. The lowest BCUT2D eigenvalue weighted by Crippen LogP contribution is -2.84. The Balaban J connectivity index is -0.000000225. The zero-order chi connectivity index (χ0) is 30.2. The summed E-state index contributed by atoms with van der Waals surface area (Å²) in [5.74, 6) is -2.84. The number of rotatable bonds is 20. The number of carbonyl (C=O) groups is 6. The molecule has 0 aliphatic rings. The standard InChI is InChI=1S/2C11H21NO2.2C2H3ClO2/c2*1-3-4-7-12-8-5-6-11(14)9-10(2)13;2*3-1-2(4)5/h2*12H,3-9H2,1-2H3;2*1H2,(H,4,5). The van der Waals surface area contributed by atoms with E-state index < -0.39 is 17.8 Å². The number of carbonyl (C=O) groups excluding carboxylic acids is 5. The van der Waals surface area contributed by atoms with E-state index in [1.54, 1.807) is 0 Å². The highest BCUT2D eigenvalue weighted by atomic mass is 35.5. The number of carboxylic acid groups (broad SMARTS) is 2. The maximum Gasteiger partial charge on any atom is 0.318 e. The van der Waals surface area contributed by atoms with Gasteiger partial charge in [0.05, 0.1) is 37.8 Å². The van der Waals surface area contributed by atoms with Crippen LogP contribution in [0.15, 0.2) is 0 Å². The van der Waals surface area contributed by atoms with Crippen LogP contribution in [0.4, 0.5) is 0 Å². The van der Waals surface area contributed by atoms with Crippen molar-refractivity contribution in [2.45, 2.75) is 91.9 Å². The molecule has 0 saturated heterocycles. The van der Waals surface area contributed by atoms with Gasteiger partial charge in [0.25, 0.3) is 0 Å². The fourth-order valence-electron chi connectivity index (χ4n) is 2.51. The Morgan fingerprint density at radius 2 is 1.13 bits per heavy atom. The largest absolute Gasteiger partial charge is 0.549 e. The fourth-order valence-corrected chi connectivity index (χ4v) is 2.51. The monoisotopic (exact) mass is 586 g/mol. The number of nitrogens with two attached hydrogens (primary N) is 1. The summed E-state index contributed by atoms with van der Waals surface area (Å²) in [6, 6.07) is 0. The number of carboxylic acids is 2. The van der Waals surface area contributed by atoms with Crippen molar-refractivity contribution in [2.24, 2.45) is 0 Å². The molecule has 0 aliphatic carbocycles. The van der Waals surface area contributed by atoms with Gasteiger partial charge in [-0.1, -0.05) is 26.7 Å². The van der Waals surface area contributed by atoms with Crippen LogP contribution in [0, 0.1) is 0 Å². The molecule has 0 aromatic heterocycles. The quantitative estimate of drug-likeness (QED) is 0.109. The van der Waals surface area contributed by atoms with Gasteiger partial charge in [0.2, 0.25) is 0 Å². The van der Waals surface area contributed by atoms with Crippen molar-refractivity contribution in [3.8, 4) is 0 Å². The average Bonchev–Trinajstić information content (AvgIpc) is 2.83. The summed E-state index contributed by atoms with van der Waals surface area (Å²) in [6.45, 7) is 11.3. The summed E-state index contributed by atoms with van der Waals surface area (Å²) in [4.78, 5) is 61.8. The zero-order valence-corrected chi connectivity index (χ0v) is 25.0. The predicted octanol–water partition coefficient (Wildman–Crippen LogP) is 1.67.